The molecule has 0 aliphatic carbocycles. The summed E-state index contributed by atoms with van der Waals surface area (Å²) in [6.45, 7) is 0. The molecule has 1 heterocycles. The van der Waals surface area contributed by atoms with Crippen molar-refractivity contribution in [3.63, 3.8) is 0 Å². The minimum atomic E-state index is 0.343. The molecule has 0 unspecified atom stereocenters. The third-order valence-corrected chi connectivity index (χ3v) is 3.02. The van der Waals surface area contributed by atoms with Gasteiger partial charge in [-0.3, -0.25) is 5.43 Å². The summed E-state index contributed by atoms with van der Waals surface area (Å²) in [6.07, 6.45) is 0. The Morgan fingerprint density at radius 3 is 2.62 bits per heavy atom. The number of nitrogens with zero attached hydrogens (tertiary/aromatic N) is 3. The molecular weight excluding hydrogens is 224 g/mol. The molecule has 84 valence electrons. The van der Waals surface area contributed by atoms with E-state index in [0.29, 0.717) is 11.1 Å². The number of hydrogen-bond donors (Lipinski definition) is 3. The molecule has 16 heavy (non-hydrogen) atoms. The van der Waals surface area contributed by atoms with Crippen molar-refractivity contribution < 1.29 is 0 Å². The van der Waals surface area contributed by atoms with Crippen molar-refractivity contribution in [3.8, 4) is 0 Å². The van der Waals surface area contributed by atoms with Gasteiger partial charge in [0.2, 0.25) is 5.16 Å². The molecular formula is C9H12N6S. The lowest BCUT2D eigenvalue weighted by Crippen LogP contribution is -2.18. The van der Waals surface area contributed by atoms with Gasteiger partial charge in [-0.2, -0.15) is 0 Å². The van der Waals surface area contributed by atoms with Crippen LogP contribution in [0.15, 0.2) is 35.5 Å². The van der Waals surface area contributed by atoms with Crippen LogP contribution in [0, 0.1) is 0 Å². The van der Waals surface area contributed by atoms with Gasteiger partial charge in [-0.25, -0.2) is 10.5 Å². The van der Waals surface area contributed by atoms with Crippen molar-refractivity contribution in [1.82, 2.24) is 14.9 Å². The van der Waals surface area contributed by atoms with E-state index in [1.54, 1.807) is 0 Å². The van der Waals surface area contributed by atoms with E-state index in [9.17, 15) is 0 Å². The highest BCUT2D eigenvalue weighted by Gasteiger charge is 2.08. The first-order chi connectivity index (χ1) is 7.81. The number of rotatable bonds is 4. The van der Waals surface area contributed by atoms with Crippen LogP contribution in [0.2, 0.25) is 0 Å². The Bertz CT molecular complexity index is 454. The molecule has 0 bridgehead atoms. The third kappa shape index (κ3) is 2.26. The molecule has 0 atom stereocenters. The predicted octanol–water partition coefficient (Wildman–Crippen LogP) is 0.570. The van der Waals surface area contributed by atoms with E-state index in [1.807, 2.05) is 30.3 Å². The summed E-state index contributed by atoms with van der Waals surface area (Å²) in [6, 6.07) is 10.1. The van der Waals surface area contributed by atoms with Crippen LogP contribution in [-0.4, -0.2) is 14.9 Å². The Labute approximate surface area is 97.0 Å². The Morgan fingerprint density at radius 1 is 1.25 bits per heavy atom. The van der Waals surface area contributed by atoms with Gasteiger partial charge in [-0.1, -0.05) is 42.1 Å². The molecule has 2 aromatic rings. The van der Waals surface area contributed by atoms with Gasteiger partial charge < -0.3 is 5.84 Å². The lowest BCUT2D eigenvalue weighted by atomic mass is 10.2. The maximum absolute atomic E-state index is 5.71. The number of anilines is 1. The summed E-state index contributed by atoms with van der Waals surface area (Å²) in [5.74, 6) is 12.1. The van der Waals surface area contributed by atoms with Crippen LogP contribution in [-0.2, 0) is 5.75 Å². The molecule has 0 saturated carbocycles. The van der Waals surface area contributed by atoms with Crippen LogP contribution in [0.4, 0.5) is 5.95 Å². The van der Waals surface area contributed by atoms with Crippen molar-refractivity contribution in [3.05, 3.63) is 35.9 Å². The van der Waals surface area contributed by atoms with E-state index in [-0.39, 0.29) is 0 Å². The van der Waals surface area contributed by atoms with E-state index in [4.69, 9.17) is 11.7 Å². The molecule has 0 amide bonds. The molecule has 5 N–H and O–H groups in total. The Balaban J connectivity index is 2.02. The summed E-state index contributed by atoms with van der Waals surface area (Å²) in [5, 5.41) is 8.31. The van der Waals surface area contributed by atoms with E-state index in [0.717, 1.165) is 5.75 Å². The largest absolute Gasteiger partial charge is 0.334 e. The molecule has 2 rings (SSSR count). The average molecular weight is 236 g/mol. The molecule has 0 aliphatic rings. The number of nitrogens with one attached hydrogen (secondary N) is 1. The highest BCUT2D eigenvalue weighted by atomic mass is 32.2. The highest BCUT2D eigenvalue weighted by molar-refractivity contribution is 7.98. The fourth-order valence-corrected chi connectivity index (χ4v) is 2.01. The number of nitrogen functional groups attached to an aromatic ring is 2. The zero-order valence-electron chi connectivity index (χ0n) is 8.50. The Hall–Kier alpha value is -1.73. The van der Waals surface area contributed by atoms with E-state index in [2.05, 4.69) is 15.6 Å². The van der Waals surface area contributed by atoms with Crippen LogP contribution >= 0.6 is 11.8 Å². The average Bonchev–Trinajstić information content (AvgIpc) is 2.69. The molecule has 0 saturated heterocycles. The SMILES string of the molecule is NNc1nnc(SCc2ccccc2)n1N. The smallest absolute Gasteiger partial charge is 0.258 e. The van der Waals surface area contributed by atoms with Crippen molar-refractivity contribution in [1.29, 1.82) is 0 Å². The number of benzene rings is 1. The summed E-state index contributed by atoms with van der Waals surface area (Å²) in [5.41, 5.74) is 3.57. The minimum Gasteiger partial charge on any atom is -0.334 e. The van der Waals surface area contributed by atoms with E-state index >= 15 is 0 Å². The van der Waals surface area contributed by atoms with Crippen LogP contribution in [0.1, 0.15) is 5.56 Å². The predicted molar refractivity (Wildman–Crippen MR) is 64.0 cm³/mol. The van der Waals surface area contributed by atoms with Crippen molar-refractivity contribution in [2.24, 2.45) is 5.84 Å². The second-order valence-corrected chi connectivity index (χ2v) is 4.04. The summed E-state index contributed by atoms with van der Waals surface area (Å²) >= 11 is 1.51. The fourth-order valence-electron chi connectivity index (χ4n) is 1.20. The first-order valence-electron chi connectivity index (χ1n) is 4.65. The summed E-state index contributed by atoms with van der Waals surface area (Å²) in [7, 11) is 0. The van der Waals surface area contributed by atoms with Gasteiger partial charge in [0, 0.05) is 5.75 Å². The first-order valence-corrected chi connectivity index (χ1v) is 5.63. The van der Waals surface area contributed by atoms with Gasteiger partial charge in [-0.05, 0) is 5.56 Å². The van der Waals surface area contributed by atoms with Gasteiger partial charge in [0.1, 0.15) is 0 Å². The first kappa shape index (κ1) is 10.8. The quantitative estimate of drug-likeness (QED) is 0.408. The van der Waals surface area contributed by atoms with E-state index < -0.39 is 0 Å². The topological polar surface area (TPSA) is 94.8 Å². The van der Waals surface area contributed by atoms with Crippen LogP contribution in [0.3, 0.4) is 0 Å². The molecule has 1 aromatic heterocycles. The molecule has 6 nitrogen and oxygen atoms in total. The van der Waals surface area contributed by atoms with Crippen LogP contribution in [0.25, 0.3) is 0 Å². The number of aromatic nitrogens is 3. The number of nitrogens with two attached hydrogens (primary N) is 2. The van der Waals surface area contributed by atoms with Gasteiger partial charge in [-0.15, -0.1) is 10.2 Å². The zero-order valence-corrected chi connectivity index (χ0v) is 9.31. The van der Waals surface area contributed by atoms with Gasteiger partial charge in [0.15, 0.2) is 0 Å². The summed E-state index contributed by atoms with van der Waals surface area (Å²) in [4.78, 5) is 0. The lowest BCUT2D eigenvalue weighted by molar-refractivity contribution is 0.846. The number of hydrogen-bond acceptors (Lipinski definition) is 6. The third-order valence-electron chi connectivity index (χ3n) is 2.00. The Kier molecular flexibility index (Phi) is 3.28. The molecule has 0 fully saturated rings. The van der Waals surface area contributed by atoms with E-state index in [1.165, 1.54) is 22.0 Å². The van der Waals surface area contributed by atoms with Crippen molar-refractivity contribution >= 4 is 17.7 Å². The standard InChI is InChI=1S/C9H12N6S/c10-12-8-13-14-9(15(8)11)16-6-7-4-2-1-3-5-7/h1-5H,6,10-11H2,(H,12,13). The normalized spacial score (nSPS) is 10.3. The maximum Gasteiger partial charge on any atom is 0.258 e. The highest BCUT2D eigenvalue weighted by Crippen LogP contribution is 2.20. The fraction of sp³-hybridized carbons (Fsp3) is 0.111. The second kappa shape index (κ2) is 4.86. The monoisotopic (exact) mass is 236 g/mol. The Morgan fingerprint density at radius 2 is 2.00 bits per heavy atom. The second-order valence-electron chi connectivity index (χ2n) is 3.09. The molecule has 0 aliphatic heterocycles. The van der Waals surface area contributed by atoms with Crippen molar-refractivity contribution in [2.75, 3.05) is 11.3 Å². The molecule has 1 aromatic carbocycles. The summed E-state index contributed by atoms with van der Waals surface area (Å²) < 4.78 is 1.33. The maximum atomic E-state index is 5.71. The van der Waals surface area contributed by atoms with Crippen LogP contribution < -0.4 is 17.1 Å². The molecule has 0 spiro atoms. The van der Waals surface area contributed by atoms with Crippen LogP contribution in [0.5, 0.6) is 0 Å². The molecule has 7 heteroatoms. The van der Waals surface area contributed by atoms with Gasteiger partial charge >= 0.3 is 0 Å². The minimum absolute atomic E-state index is 0.343. The van der Waals surface area contributed by atoms with Crippen molar-refractivity contribution in [2.45, 2.75) is 10.9 Å². The lowest BCUT2D eigenvalue weighted by Gasteiger charge is -2.02. The molecule has 0 radical (unpaired) electrons. The van der Waals surface area contributed by atoms with Gasteiger partial charge in [0.25, 0.3) is 5.95 Å². The zero-order chi connectivity index (χ0) is 11.4. The number of hydrazine groups is 1. The van der Waals surface area contributed by atoms with Gasteiger partial charge in [0.05, 0.1) is 0 Å². The number of thioether (sulfide) groups is 1.